The highest BCUT2D eigenvalue weighted by atomic mass is 19.1. The van der Waals surface area contributed by atoms with Gasteiger partial charge in [0.25, 0.3) is 0 Å². The molecule has 0 radical (unpaired) electrons. The van der Waals surface area contributed by atoms with E-state index in [1.807, 2.05) is 0 Å². The molecule has 0 bridgehead atoms. The molecule has 0 aliphatic carbocycles. The van der Waals surface area contributed by atoms with Gasteiger partial charge in [0.1, 0.15) is 6.67 Å². The quantitative estimate of drug-likeness (QED) is 0.633. The van der Waals surface area contributed by atoms with Crippen LogP contribution in [0.3, 0.4) is 0 Å². The third-order valence-corrected chi connectivity index (χ3v) is 0.109. The minimum atomic E-state index is -1.66. The summed E-state index contributed by atoms with van der Waals surface area (Å²) in [6.07, 6.45) is 0. The van der Waals surface area contributed by atoms with Crippen LogP contribution in [0, 0.1) is 0 Å². The summed E-state index contributed by atoms with van der Waals surface area (Å²) in [5.74, 6) is -1.66. The van der Waals surface area contributed by atoms with Gasteiger partial charge < -0.3 is 9.90 Å². The molecule has 0 aliphatic heterocycles. The van der Waals surface area contributed by atoms with Gasteiger partial charge in [-0.3, -0.25) is 8.78 Å². The van der Waals surface area contributed by atoms with Crippen molar-refractivity contribution in [2.24, 2.45) is 0 Å². The fraction of sp³-hybridized carbons (Fsp3) is 0.857. The van der Waals surface area contributed by atoms with Crippen LogP contribution in [0.4, 0.5) is 13.2 Å². The minimum absolute atomic E-state index is 0. The molecule has 0 aliphatic rings. The van der Waals surface area contributed by atoms with E-state index < -0.39 is 12.6 Å². The highest BCUT2D eigenvalue weighted by molar-refractivity contribution is 5.65. The highest BCUT2D eigenvalue weighted by Gasteiger charge is 1.70. The van der Waals surface area contributed by atoms with Crippen LogP contribution < -0.4 is 5.11 Å². The zero-order valence-electron chi connectivity index (χ0n) is 6.86. The Hall–Kier alpha value is -0.740. The summed E-state index contributed by atoms with van der Waals surface area (Å²) in [7, 11) is 0.500. The standard InChI is InChI=1S/C2H3FO2.C2H5F.CH3F.2CH4/c3-1-2(4)5;1-2-3;1-2;;/h1H2,(H,4,5);2H2,1H3;1H3;2*1H4. The number of halogens is 3. The molecule has 0 fully saturated rings. The summed E-state index contributed by atoms with van der Waals surface area (Å²) in [5.41, 5.74) is 0. The molecule has 5 heteroatoms. The van der Waals surface area contributed by atoms with Crippen LogP contribution in [0.25, 0.3) is 0 Å². The average Bonchev–Trinajstić information content (AvgIpc) is 1.94. The second kappa shape index (κ2) is 48.5. The van der Waals surface area contributed by atoms with E-state index in [-0.39, 0.29) is 23.0 Å². The van der Waals surface area contributed by atoms with E-state index in [0.29, 0.717) is 7.18 Å². The Morgan fingerprint density at radius 3 is 1.42 bits per heavy atom. The maximum absolute atomic E-state index is 10.5. The first-order chi connectivity index (χ1) is 4.68. The molecule has 0 amide bonds. The van der Waals surface area contributed by atoms with Crippen LogP contribution in [-0.2, 0) is 4.79 Å². The van der Waals surface area contributed by atoms with E-state index in [1.165, 1.54) is 6.92 Å². The maximum atomic E-state index is 10.5. The van der Waals surface area contributed by atoms with Gasteiger partial charge in [0.05, 0.1) is 19.8 Å². The predicted octanol–water partition coefficient (Wildman–Crippen LogP) is 1.65. The van der Waals surface area contributed by atoms with Gasteiger partial charge in [-0.25, -0.2) is 4.39 Å². The number of hydrogen-bond acceptors (Lipinski definition) is 2. The van der Waals surface area contributed by atoms with Gasteiger partial charge >= 0.3 is 1.43 Å². The molecule has 80 valence electrons. The Labute approximate surface area is 73.9 Å². The van der Waals surface area contributed by atoms with Crippen molar-refractivity contribution in [3.05, 3.63) is 0 Å². The van der Waals surface area contributed by atoms with Crippen molar-refractivity contribution in [3.63, 3.8) is 0 Å². The van der Waals surface area contributed by atoms with Crippen molar-refractivity contribution in [2.75, 3.05) is 20.5 Å². The van der Waals surface area contributed by atoms with Crippen LogP contribution in [0.15, 0.2) is 0 Å². The van der Waals surface area contributed by atoms with Gasteiger partial charge in [-0.1, -0.05) is 14.9 Å². The van der Waals surface area contributed by atoms with E-state index in [1.54, 1.807) is 0 Å². The Balaban J connectivity index is -0.0000000138. The third-order valence-electron chi connectivity index (χ3n) is 0.109. The molecular formula is C7H19F3O2. The largest absolute Gasteiger partial charge is 1.00 e. The van der Waals surface area contributed by atoms with Gasteiger partial charge in [-0.2, -0.15) is 0 Å². The van der Waals surface area contributed by atoms with E-state index in [9.17, 15) is 13.2 Å². The van der Waals surface area contributed by atoms with Crippen LogP contribution in [-0.4, -0.2) is 26.5 Å². The zero-order chi connectivity index (χ0) is 8.99. The van der Waals surface area contributed by atoms with Gasteiger partial charge in [0.2, 0.25) is 0 Å². The lowest BCUT2D eigenvalue weighted by molar-refractivity contribution is -0.306. The third kappa shape index (κ3) is 398. The van der Waals surface area contributed by atoms with E-state index in [0.717, 1.165) is 0 Å². The van der Waals surface area contributed by atoms with Crippen molar-refractivity contribution in [3.8, 4) is 0 Å². The second-order valence-corrected chi connectivity index (χ2v) is 0.773. The lowest BCUT2D eigenvalue weighted by Gasteiger charge is -1.84. The monoisotopic (exact) mass is 192 g/mol. The molecule has 0 unspecified atom stereocenters. The minimum Gasteiger partial charge on any atom is -0.547 e. The molecule has 0 saturated heterocycles. The second-order valence-electron chi connectivity index (χ2n) is 0.773. The SMILES string of the molecule is C.C.CCF.CF.O=C([O-])CF.[H+]. The molecule has 0 spiro atoms. The normalized spacial score (nSPS) is 5.08. The Morgan fingerprint density at radius 2 is 1.42 bits per heavy atom. The molecule has 12 heavy (non-hydrogen) atoms. The van der Waals surface area contributed by atoms with Gasteiger partial charge in [-0.05, 0) is 6.92 Å². The molecule has 0 aromatic rings. The number of rotatable bonds is 1. The number of hydrogen-bond donors (Lipinski definition) is 0. The van der Waals surface area contributed by atoms with Crippen LogP contribution in [0.1, 0.15) is 23.2 Å². The number of carboxylic acids is 1. The van der Waals surface area contributed by atoms with Crippen molar-refractivity contribution in [1.29, 1.82) is 0 Å². The molecule has 0 heterocycles. The Morgan fingerprint density at radius 1 is 1.33 bits per heavy atom. The number of carboxylic acid groups (broad SMARTS) is 1. The summed E-state index contributed by atoms with van der Waals surface area (Å²) in [6.45, 7) is -0.181. The zero-order valence-corrected chi connectivity index (χ0v) is 5.86. The maximum Gasteiger partial charge on any atom is 1.00 e. The highest BCUT2D eigenvalue weighted by Crippen LogP contribution is 1.54. The van der Waals surface area contributed by atoms with Crippen molar-refractivity contribution < 1.29 is 24.5 Å². The lowest BCUT2D eigenvalue weighted by Crippen LogP contribution is -2.23. The fourth-order valence-electron chi connectivity index (χ4n) is 0. The summed E-state index contributed by atoms with van der Waals surface area (Å²) >= 11 is 0. The molecule has 0 N–H and O–H groups in total. The molecule has 0 aromatic carbocycles. The summed E-state index contributed by atoms with van der Waals surface area (Å²) in [4.78, 5) is 8.88. The van der Waals surface area contributed by atoms with E-state index in [2.05, 4.69) is 0 Å². The lowest BCUT2D eigenvalue weighted by atomic mass is 10.8. The smallest absolute Gasteiger partial charge is 0.547 e. The number of aliphatic carboxylic acids is 1. The van der Waals surface area contributed by atoms with Crippen molar-refractivity contribution in [1.82, 2.24) is 0 Å². The summed E-state index contributed by atoms with van der Waals surface area (Å²) in [6, 6.07) is 0. The van der Waals surface area contributed by atoms with Crippen LogP contribution in [0.2, 0.25) is 0 Å². The van der Waals surface area contributed by atoms with Crippen molar-refractivity contribution >= 4 is 5.97 Å². The molecule has 0 aromatic heterocycles. The fourth-order valence-corrected chi connectivity index (χ4v) is 0. The van der Waals surface area contributed by atoms with Crippen molar-refractivity contribution in [2.45, 2.75) is 21.8 Å². The molecule has 2 nitrogen and oxygen atoms in total. The van der Waals surface area contributed by atoms with E-state index >= 15 is 0 Å². The molecule has 0 saturated carbocycles. The summed E-state index contributed by atoms with van der Waals surface area (Å²) in [5, 5.41) is 8.88. The van der Waals surface area contributed by atoms with Gasteiger partial charge in [0.15, 0.2) is 0 Å². The predicted molar refractivity (Wildman–Crippen MR) is 44.2 cm³/mol. The topological polar surface area (TPSA) is 40.1 Å². The number of alkyl halides is 3. The summed E-state index contributed by atoms with van der Waals surface area (Å²) < 4.78 is 30.2. The van der Waals surface area contributed by atoms with Crippen LogP contribution >= 0.6 is 0 Å². The molecule has 0 atom stereocenters. The average molecular weight is 192 g/mol. The van der Waals surface area contributed by atoms with Gasteiger partial charge in [0, 0.05) is 0 Å². The van der Waals surface area contributed by atoms with E-state index in [4.69, 9.17) is 9.90 Å². The molecular weight excluding hydrogens is 173 g/mol. The first-order valence-corrected chi connectivity index (χ1v) is 2.38. The first kappa shape index (κ1) is 30.2. The van der Waals surface area contributed by atoms with Crippen LogP contribution in [0.5, 0.6) is 0 Å². The first-order valence-electron chi connectivity index (χ1n) is 2.38. The number of carbonyl (C=O) groups is 1. The molecule has 0 rings (SSSR count). The Kier molecular flexibility index (Phi) is 122. The number of carbonyl (C=O) groups excluding carboxylic acids is 1. The van der Waals surface area contributed by atoms with Gasteiger partial charge in [-0.15, -0.1) is 0 Å². The Bertz CT molecular complexity index is 65.7.